The van der Waals surface area contributed by atoms with Crippen LogP contribution in [0.2, 0.25) is 0 Å². The van der Waals surface area contributed by atoms with Gasteiger partial charge in [-0.2, -0.15) is 0 Å². The van der Waals surface area contributed by atoms with E-state index in [0.29, 0.717) is 18.4 Å². The molecule has 5 aliphatic rings. The van der Waals surface area contributed by atoms with Crippen LogP contribution in [-0.4, -0.2) is 41.6 Å². The zero-order valence-electron chi connectivity index (χ0n) is 16.5. The highest BCUT2D eigenvalue weighted by molar-refractivity contribution is 5.77. The number of amides is 2. The van der Waals surface area contributed by atoms with Gasteiger partial charge in [-0.25, -0.2) is 4.79 Å². The molecule has 5 rings (SSSR count). The van der Waals surface area contributed by atoms with Gasteiger partial charge in [0.25, 0.3) is 0 Å². The van der Waals surface area contributed by atoms with E-state index >= 15 is 0 Å². The summed E-state index contributed by atoms with van der Waals surface area (Å²) in [5.74, 6) is 4.43. The van der Waals surface area contributed by atoms with Crippen molar-refractivity contribution in [2.75, 3.05) is 13.1 Å². The third-order valence-electron chi connectivity index (χ3n) is 7.09. The maximum Gasteiger partial charge on any atom is 0.407 e. The minimum atomic E-state index is -0.488. The van der Waals surface area contributed by atoms with Crippen LogP contribution >= 0.6 is 0 Å². The Labute approximate surface area is 157 Å². The molecule has 0 radical (unpaired) electrons. The van der Waals surface area contributed by atoms with Gasteiger partial charge in [0, 0.05) is 19.5 Å². The first kappa shape index (κ1) is 18.1. The average molecular weight is 363 g/mol. The molecule has 1 aliphatic heterocycles. The van der Waals surface area contributed by atoms with Crippen molar-refractivity contribution in [1.29, 1.82) is 0 Å². The molecule has 1 heterocycles. The Morgan fingerprint density at radius 3 is 2.23 bits per heavy atom. The fourth-order valence-corrected chi connectivity index (χ4v) is 6.28. The molecule has 146 valence electrons. The molecule has 5 nitrogen and oxygen atoms in total. The summed E-state index contributed by atoms with van der Waals surface area (Å²) in [7, 11) is 0. The van der Waals surface area contributed by atoms with E-state index in [1.54, 1.807) is 0 Å². The highest BCUT2D eigenvalue weighted by atomic mass is 16.6. The Bertz CT molecular complexity index is 540. The standard InChI is InChI=1S/C21H34N2O3/c1-21(2,3)26-20(25)22-17-4-5-23(12-17)19(24)11-18-15-7-13-6-14(9-15)10-16(18)8-13/h13-18H,4-12H2,1-3H3,(H,22,25)/t13?,14?,15?,16?,17-,18?/m0/s1. The topological polar surface area (TPSA) is 58.6 Å². The normalized spacial score (nSPS) is 38.5. The number of carbonyl (C=O) groups excluding carboxylic acids is 2. The number of carbonyl (C=O) groups is 2. The quantitative estimate of drug-likeness (QED) is 0.835. The van der Waals surface area contributed by atoms with E-state index in [1.807, 2.05) is 25.7 Å². The first-order valence-electron chi connectivity index (χ1n) is 10.5. The average Bonchev–Trinajstić information content (AvgIpc) is 2.96. The van der Waals surface area contributed by atoms with Crippen LogP contribution in [0, 0.1) is 29.6 Å². The van der Waals surface area contributed by atoms with E-state index in [1.165, 1.54) is 32.1 Å². The smallest absolute Gasteiger partial charge is 0.407 e. The van der Waals surface area contributed by atoms with E-state index in [4.69, 9.17) is 4.74 Å². The minimum absolute atomic E-state index is 0.0206. The number of hydrogen-bond donors (Lipinski definition) is 1. The molecule has 5 fully saturated rings. The van der Waals surface area contributed by atoms with Gasteiger partial charge >= 0.3 is 6.09 Å². The van der Waals surface area contributed by atoms with Crippen LogP contribution in [0.1, 0.15) is 65.7 Å². The molecule has 0 aromatic rings. The second-order valence-corrected chi connectivity index (χ2v) is 10.3. The van der Waals surface area contributed by atoms with E-state index in [0.717, 1.165) is 43.1 Å². The van der Waals surface area contributed by atoms with Crippen LogP contribution in [0.4, 0.5) is 4.79 Å². The molecule has 5 heteroatoms. The molecule has 0 aromatic carbocycles. The van der Waals surface area contributed by atoms with E-state index in [9.17, 15) is 9.59 Å². The first-order valence-corrected chi connectivity index (χ1v) is 10.5. The number of alkyl carbamates (subject to hydrolysis) is 1. The summed E-state index contributed by atoms with van der Waals surface area (Å²) < 4.78 is 5.33. The van der Waals surface area contributed by atoms with Crippen molar-refractivity contribution in [3.8, 4) is 0 Å². The molecule has 1 N–H and O–H groups in total. The van der Waals surface area contributed by atoms with Crippen molar-refractivity contribution in [3.63, 3.8) is 0 Å². The third-order valence-corrected chi connectivity index (χ3v) is 7.09. The van der Waals surface area contributed by atoms with Crippen molar-refractivity contribution in [2.24, 2.45) is 29.6 Å². The molecule has 1 saturated heterocycles. The lowest BCUT2D eigenvalue weighted by atomic mass is 9.51. The minimum Gasteiger partial charge on any atom is -0.444 e. The predicted molar refractivity (Wildman–Crippen MR) is 99.5 cm³/mol. The SMILES string of the molecule is CC(C)(C)OC(=O)N[C@H]1CCN(C(=O)CC2C3CC4CC(C3)CC2C4)C1. The van der Waals surface area contributed by atoms with Crippen LogP contribution < -0.4 is 5.32 Å². The summed E-state index contributed by atoms with van der Waals surface area (Å²) in [6.07, 6.45) is 8.11. The zero-order valence-corrected chi connectivity index (χ0v) is 16.5. The van der Waals surface area contributed by atoms with Gasteiger partial charge in [-0.05, 0) is 88.9 Å². The number of nitrogens with zero attached hydrogens (tertiary/aromatic N) is 1. The lowest BCUT2D eigenvalue weighted by Gasteiger charge is -2.54. The van der Waals surface area contributed by atoms with Gasteiger partial charge in [-0.3, -0.25) is 4.79 Å². The Morgan fingerprint density at radius 2 is 1.65 bits per heavy atom. The fraction of sp³-hybridized carbons (Fsp3) is 0.905. The summed E-state index contributed by atoms with van der Waals surface area (Å²) in [6, 6.07) is 0.0206. The van der Waals surface area contributed by atoms with E-state index < -0.39 is 5.60 Å². The van der Waals surface area contributed by atoms with Gasteiger partial charge in [-0.15, -0.1) is 0 Å². The molecule has 0 unspecified atom stereocenters. The number of rotatable bonds is 3. The molecule has 4 saturated carbocycles. The molecule has 26 heavy (non-hydrogen) atoms. The van der Waals surface area contributed by atoms with Crippen molar-refractivity contribution in [1.82, 2.24) is 10.2 Å². The molecule has 4 aliphatic carbocycles. The van der Waals surface area contributed by atoms with Crippen molar-refractivity contribution >= 4 is 12.0 Å². The van der Waals surface area contributed by atoms with Crippen LogP contribution in [0.25, 0.3) is 0 Å². The van der Waals surface area contributed by atoms with Crippen LogP contribution in [-0.2, 0) is 9.53 Å². The van der Waals surface area contributed by atoms with Gasteiger partial charge in [-0.1, -0.05) is 0 Å². The fourth-order valence-electron chi connectivity index (χ4n) is 6.28. The zero-order chi connectivity index (χ0) is 18.5. The van der Waals surface area contributed by atoms with Gasteiger partial charge in [0.2, 0.25) is 5.91 Å². The second kappa shape index (κ2) is 6.72. The largest absolute Gasteiger partial charge is 0.444 e. The van der Waals surface area contributed by atoms with Crippen molar-refractivity contribution in [3.05, 3.63) is 0 Å². The molecule has 0 aromatic heterocycles. The molecule has 2 amide bonds. The molecule has 1 atom stereocenters. The Balaban J connectivity index is 1.27. The summed E-state index contributed by atoms with van der Waals surface area (Å²) in [4.78, 5) is 26.8. The van der Waals surface area contributed by atoms with Crippen molar-refractivity contribution in [2.45, 2.75) is 77.4 Å². The van der Waals surface area contributed by atoms with E-state index in [-0.39, 0.29) is 12.1 Å². The Kier molecular flexibility index (Phi) is 4.68. The summed E-state index contributed by atoms with van der Waals surface area (Å²) in [5.41, 5.74) is -0.488. The van der Waals surface area contributed by atoms with Crippen LogP contribution in [0.15, 0.2) is 0 Å². The second-order valence-electron chi connectivity index (χ2n) is 10.3. The summed E-state index contributed by atoms with van der Waals surface area (Å²) in [6.45, 7) is 6.98. The lowest BCUT2D eigenvalue weighted by molar-refractivity contribution is -0.135. The molecular weight excluding hydrogens is 328 g/mol. The maximum absolute atomic E-state index is 12.9. The highest BCUT2D eigenvalue weighted by Crippen LogP contribution is 2.57. The van der Waals surface area contributed by atoms with E-state index in [2.05, 4.69) is 5.32 Å². The number of nitrogens with one attached hydrogen (secondary N) is 1. The molecule has 4 bridgehead atoms. The Morgan fingerprint density at radius 1 is 1.04 bits per heavy atom. The number of ether oxygens (including phenoxy) is 1. The van der Waals surface area contributed by atoms with Gasteiger partial charge in [0.15, 0.2) is 0 Å². The number of likely N-dealkylation sites (tertiary alicyclic amines) is 1. The lowest BCUT2D eigenvalue weighted by Crippen LogP contribution is -2.47. The monoisotopic (exact) mass is 362 g/mol. The molecule has 0 spiro atoms. The highest BCUT2D eigenvalue weighted by Gasteiger charge is 2.48. The van der Waals surface area contributed by atoms with Gasteiger partial charge in [0.05, 0.1) is 6.04 Å². The van der Waals surface area contributed by atoms with Gasteiger partial charge < -0.3 is 15.0 Å². The van der Waals surface area contributed by atoms with Gasteiger partial charge in [0.1, 0.15) is 5.60 Å². The summed E-state index contributed by atoms with van der Waals surface area (Å²) in [5, 5.41) is 2.92. The van der Waals surface area contributed by atoms with Crippen molar-refractivity contribution < 1.29 is 14.3 Å². The van der Waals surface area contributed by atoms with Crippen LogP contribution in [0.5, 0.6) is 0 Å². The predicted octanol–water partition coefficient (Wildman–Crippen LogP) is 3.57. The first-order chi connectivity index (χ1) is 12.3. The maximum atomic E-state index is 12.9. The third kappa shape index (κ3) is 3.86. The molecular formula is C21H34N2O3. The number of hydrogen-bond acceptors (Lipinski definition) is 3. The van der Waals surface area contributed by atoms with Crippen LogP contribution in [0.3, 0.4) is 0 Å². The Hall–Kier alpha value is -1.26. The summed E-state index contributed by atoms with van der Waals surface area (Å²) >= 11 is 0.